The van der Waals surface area contributed by atoms with Gasteiger partial charge in [0.25, 0.3) is 0 Å². The van der Waals surface area contributed by atoms with Crippen molar-refractivity contribution < 1.29 is 0 Å². The lowest BCUT2D eigenvalue weighted by Crippen LogP contribution is -2.26. The Kier molecular flexibility index (Phi) is 9.05. The quantitative estimate of drug-likeness (QED) is 0.154. The molecule has 11 aromatic carbocycles. The van der Waals surface area contributed by atoms with Crippen LogP contribution in [0.25, 0.3) is 86.9 Å². The normalized spacial score (nSPS) is 12.8. The Balaban J connectivity index is 1.05. The van der Waals surface area contributed by atoms with Crippen molar-refractivity contribution in [2.45, 2.75) is 5.41 Å². The lowest BCUT2D eigenvalue weighted by atomic mass is 9.70. The molecule has 0 bridgehead atoms. The van der Waals surface area contributed by atoms with E-state index in [0.717, 1.165) is 17.1 Å². The van der Waals surface area contributed by atoms with Crippen molar-refractivity contribution in [1.82, 2.24) is 0 Å². The molecule has 2 aliphatic carbocycles. The molecule has 0 aliphatic heterocycles. The van der Waals surface area contributed by atoms with Crippen LogP contribution in [0.4, 0.5) is 17.1 Å². The fourth-order valence-electron chi connectivity index (χ4n) is 11.9. The molecule has 2 heteroatoms. The van der Waals surface area contributed by atoms with Crippen LogP contribution >= 0.6 is 11.3 Å². The average molecular weight is 894 g/mol. The summed E-state index contributed by atoms with van der Waals surface area (Å²) in [5.41, 5.74) is 22.8. The molecule has 0 radical (unpaired) electrons. The van der Waals surface area contributed by atoms with Gasteiger partial charge in [0, 0.05) is 37.0 Å². The third-order valence-electron chi connectivity index (χ3n) is 14.7. The SMILES string of the molecule is c1ccc(-c2ccccc2-c2c(-c3ccccc3)cccc2N(c2ccc(-c3ccc4c(c3)sc3ccccc34)cc2)c2cccc3c2-c2ccccc2C32c3ccccc3-c3ccccc32)cc1. The predicted octanol–water partition coefficient (Wildman–Crippen LogP) is 18.5. The summed E-state index contributed by atoms with van der Waals surface area (Å²) < 4.78 is 2.63. The topological polar surface area (TPSA) is 3.24 Å². The van der Waals surface area contributed by atoms with Crippen molar-refractivity contribution in [2.24, 2.45) is 0 Å². The van der Waals surface area contributed by atoms with Crippen LogP contribution in [-0.2, 0) is 5.41 Å². The highest BCUT2D eigenvalue weighted by Gasteiger charge is 2.52. The molecule has 0 saturated carbocycles. The van der Waals surface area contributed by atoms with Gasteiger partial charge in [-0.3, -0.25) is 0 Å². The van der Waals surface area contributed by atoms with Crippen LogP contribution < -0.4 is 4.90 Å². The van der Waals surface area contributed by atoms with E-state index in [2.05, 4.69) is 266 Å². The zero-order valence-electron chi connectivity index (χ0n) is 37.7. The molecule has 1 spiro atoms. The number of hydrogen-bond donors (Lipinski definition) is 0. The minimum absolute atomic E-state index is 0.482. The van der Waals surface area contributed by atoms with Gasteiger partial charge in [0.15, 0.2) is 0 Å². The molecule has 0 atom stereocenters. The Morgan fingerprint density at radius 2 is 0.754 bits per heavy atom. The van der Waals surface area contributed by atoms with E-state index in [1.54, 1.807) is 0 Å². The molecule has 322 valence electrons. The number of anilines is 3. The number of benzene rings is 11. The molecule has 1 aromatic heterocycles. The first-order valence-corrected chi connectivity index (χ1v) is 24.7. The van der Waals surface area contributed by atoms with Crippen molar-refractivity contribution in [3.05, 3.63) is 283 Å². The minimum Gasteiger partial charge on any atom is -0.309 e. The van der Waals surface area contributed by atoms with E-state index >= 15 is 0 Å². The van der Waals surface area contributed by atoms with Crippen molar-refractivity contribution in [3.63, 3.8) is 0 Å². The van der Waals surface area contributed by atoms with Gasteiger partial charge in [-0.1, -0.05) is 224 Å². The number of nitrogens with zero attached hydrogens (tertiary/aromatic N) is 1. The molecule has 12 aromatic rings. The molecule has 1 nitrogen and oxygen atoms in total. The Morgan fingerprint density at radius 3 is 1.45 bits per heavy atom. The van der Waals surface area contributed by atoms with E-state index in [1.807, 2.05) is 11.3 Å². The van der Waals surface area contributed by atoms with Crippen molar-refractivity contribution >= 4 is 48.6 Å². The molecular weight excluding hydrogens is 851 g/mol. The first-order chi connectivity index (χ1) is 34.3. The second-order valence-corrected chi connectivity index (χ2v) is 19.3. The molecule has 1 heterocycles. The van der Waals surface area contributed by atoms with Gasteiger partial charge in [-0.25, -0.2) is 0 Å². The van der Waals surface area contributed by atoms with Crippen molar-refractivity contribution in [2.75, 3.05) is 4.90 Å². The van der Waals surface area contributed by atoms with Crippen molar-refractivity contribution in [3.8, 4) is 66.8 Å². The molecule has 14 rings (SSSR count). The number of hydrogen-bond acceptors (Lipinski definition) is 2. The maximum absolute atomic E-state index is 2.56. The van der Waals surface area contributed by atoms with E-state index in [1.165, 1.54) is 109 Å². The van der Waals surface area contributed by atoms with Crippen LogP contribution in [-0.4, -0.2) is 0 Å². The van der Waals surface area contributed by atoms with Gasteiger partial charge in [0.1, 0.15) is 0 Å². The van der Waals surface area contributed by atoms with Gasteiger partial charge >= 0.3 is 0 Å². The summed E-state index contributed by atoms with van der Waals surface area (Å²) in [5, 5.41) is 2.63. The third kappa shape index (κ3) is 5.96. The summed E-state index contributed by atoms with van der Waals surface area (Å²) in [6.45, 7) is 0. The second-order valence-electron chi connectivity index (χ2n) is 18.3. The largest absolute Gasteiger partial charge is 0.309 e. The maximum atomic E-state index is 2.56. The highest BCUT2D eigenvalue weighted by molar-refractivity contribution is 7.25. The van der Waals surface area contributed by atoms with Gasteiger partial charge in [-0.15, -0.1) is 11.3 Å². The summed E-state index contributed by atoms with van der Waals surface area (Å²) in [6, 6.07) is 97.0. The monoisotopic (exact) mass is 893 g/mol. The Bertz CT molecular complexity index is 3910. The van der Waals surface area contributed by atoms with Crippen LogP contribution in [0.1, 0.15) is 22.3 Å². The van der Waals surface area contributed by atoms with E-state index in [-0.39, 0.29) is 0 Å². The zero-order chi connectivity index (χ0) is 45.5. The van der Waals surface area contributed by atoms with Crippen LogP contribution in [0.3, 0.4) is 0 Å². The van der Waals surface area contributed by atoms with E-state index < -0.39 is 5.41 Å². The summed E-state index contributed by atoms with van der Waals surface area (Å²) in [6.07, 6.45) is 0. The Morgan fingerprint density at radius 1 is 0.275 bits per heavy atom. The second kappa shape index (κ2) is 15.8. The summed E-state index contributed by atoms with van der Waals surface area (Å²) in [7, 11) is 0. The van der Waals surface area contributed by atoms with Crippen LogP contribution in [0.5, 0.6) is 0 Å². The summed E-state index contributed by atoms with van der Waals surface area (Å²) >= 11 is 1.87. The first-order valence-electron chi connectivity index (χ1n) is 23.8. The fraction of sp³-hybridized carbons (Fsp3) is 0.0149. The predicted molar refractivity (Wildman–Crippen MR) is 292 cm³/mol. The highest BCUT2D eigenvalue weighted by atomic mass is 32.1. The van der Waals surface area contributed by atoms with E-state index in [0.29, 0.717) is 0 Å². The van der Waals surface area contributed by atoms with E-state index in [4.69, 9.17) is 0 Å². The lowest BCUT2D eigenvalue weighted by molar-refractivity contribution is 0.794. The Labute approximate surface area is 406 Å². The first kappa shape index (κ1) is 39.6. The van der Waals surface area contributed by atoms with Gasteiger partial charge in [-0.05, 0) is 114 Å². The Hall–Kier alpha value is -8.56. The molecule has 0 unspecified atom stereocenters. The fourth-order valence-corrected chi connectivity index (χ4v) is 13.0. The maximum Gasteiger partial charge on any atom is 0.0726 e. The third-order valence-corrected chi connectivity index (χ3v) is 15.9. The smallest absolute Gasteiger partial charge is 0.0726 e. The van der Waals surface area contributed by atoms with Gasteiger partial charge in [0.05, 0.1) is 16.8 Å². The summed E-state index contributed by atoms with van der Waals surface area (Å²) in [4.78, 5) is 2.56. The highest BCUT2D eigenvalue weighted by Crippen LogP contribution is 2.65. The lowest BCUT2D eigenvalue weighted by Gasteiger charge is -2.33. The zero-order valence-corrected chi connectivity index (χ0v) is 38.5. The van der Waals surface area contributed by atoms with Gasteiger partial charge in [-0.2, -0.15) is 0 Å². The van der Waals surface area contributed by atoms with Crippen LogP contribution in [0.2, 0.25) is 0 Å². The number of fused-ring (bicyclic) bond motifs is 13. The number of rotatable bonds is 7. The summed E-state index contributed by atoms with van der Waals surface area (Å²) in [5.74, 6) is 0. The van der Waals surface area contributed by atoms with Gasteiger partial charge in [0.2, 0.25) is 0 Å². The van der Waals surface area contributed by atoms with Crippen molar-refractivity contribution in [1.29, 1.82) is 0 Å². The molecular formula is C67H43NS. The average Bonchev–Trinajstić information content (AvgIpc) is 4.06. The molecule has 0 saturated heterocycles. The molecule has 0 N–H and O–H groups in total. The van der Waals surface area contributed by atoms with Crippen LogP contribution in [0.15, 0.2) is 261 Å². The minimum atomic E-state index is -0.482. The molecule has 0 fully saturated rings. The van der Waals surface area contributed by atoms with E-state index in [9.17, 15) is 0 Å². The molecule has 69 heavy (non-hydrogen) atoms. The number of thiophene rings is 1. The van der Waals surface area contributed by atoms with Crippen LogP contribution in [0, 0.1) is 0 Å². The molecule has 0 amide bonds. The molecule has 2 aliphatic rings. The van der Waals surface area contributed by atoms with Gasteiger partial charge < -0.3 is 4.90 Å². The standard InChI is InChI=1S/C67H43NS/c1-3-19-45(20-4-1)49-23-7-8-27-55(49)65-50(46-21-5-2-6-22-46)29-17-34-61(65)68(48-40-37-44(38-41-48)47-39-42-54-53-26-12-16-36-63(53)69-64(54)43-47)62-35-18-33-60-66(62)56-28-11-15-32-59(56)67(60)57-30-13-9-24-51(57)52-25-10-14-31-58(52)67/h1-43H.